The molecule has 9 heavy (non-hydrogen) atoms. The van der Waals surface area contributed by atoms with Crippen LogP contribution in [0, 0.1) is 0 Å². The van der Waals surface area contributed by atoms with Gasteiger partial charge in [-0.15, -0.1) is 0 Å². The first-order valence-electron chi connectivity index (χ1n) is 3.20. The van der Waals surface area contributed by atoms with Gasteiger partial charge in [-0.1, -0.05) is 0 Å². The smallest absolute Gasteiger partial charge is 0.0972 e. The highest BCUT2D eigenvalue weighted by Gasteiger charge is 2.37. The molecule has 2 aliphatic rings. The second-order valence-corrected chi connectivity index (χ2v) is 2.66. The predicted molar refractivity (Wildman–Crippen MR) is 32.7 cm³/mol. The molecule has 0 atom stereocenters. The molecule has 0 bridgehead atoms. The third-order valence-electron chi connectivity index (χ3n) is 1.91. The lowest BCUT2D eigenvalue weighted by atomic mass is 10.0. The van der Waals surface area contributed by atoms with Crippen LogP contribution in [0.15, 0.2) is 0 Å². The van der Waals surface area contributed by atoms with E-state index in [1.54, 1.807) is 0 Å². The summed E-state index contributed by atoms with van der Waals surface area (Å²) < 4.78 is 5.19. The van der Waals surface area contributed by atoms with Gasteiger partial charge in [0, 0.05) is 13.1 Å². The van der Waals surface area contributed by atoms with Crippen molar-refractivity contribution in [2.75, 3.05) is 26.4 Å². The van der Waals surface area contributed by atoms with Crippen LogP contribution in [-0.2, 0) is 4.74 Å². The van der Waals surface area contributed by atoms with Gasteiger partial charge in [-0.3, -0.25) is 16.2 Å². The molecule has 2 rings (SSSR count). The lowest BCUT2D eigenvalue weighted by Gasteiger charge is -2.17. The average Bonchev–Trinajstić information content (AvgIpc) is 2.45. The van der Waals surface area contributed by atoms with E-state index in [1.165, 1.54) is 0 Å². The van der Waals surface area contributed by atoms with Crippen molar-refractivity contribution in [2.24, 2.45) is 0 Å². The van der Waals surface area contributed by atoms with Crippen LogP contribution >= 0.6 is 0 Å². The molecule has 0 saturated carbocycles. The van der Waals surface area contributed by atoms with Crippen molar-refractivity contribution in [1.29, 1.82) is 0 Å². The van der Waals surface area contributed by atoms with E-state index in [9.17, 15) is 0 Å². The van der Waals surface area contributed by atoms with Crippen LogP contribution in [0.25, 0.3) is 0 Å². The van der Waals surface area contributed by atoms with Crippen LogP contribution < -0.4 is 16.2 Å². The van der Waals surface area contributed by atoms with E-state index in [0.717, 1.165) is 19.7 Å². The summed E-state index contributed by atoms with van der Waals surface area (Å²) in [6.07, 6.45) is 0. The molecule has 2 saturated heterocycles. The maximum absolute atomic E-state index is 5.19. The van der Waals surface area contributed by atoms with E-state index in [4.69, 9.17) is 4.74 Å². The fourth-order valence-electron chi connectivity index (χ4n) is 1.25. The standard InChI is InChI=1S/C5H11N3O/c1-5(2-8-7-1)3-9-4-6-5/h6-8H,1-4H2. The van der Waals surface area contributed by atoms with Crippen LogP contribution in [0.5, 0.6) is 0 Å². The normalized spacial score (nSPS) is 32.0. The number of hydrogen-bond donors (Lipinski definition) is 3. The molecular formula is C5H11N3O. The first-order chi connectivity index (χ1) is 4.41. The lowest BCUT2D eigenvalue weighted by molar-refractivity contribution is 0.181. The highest BCUT2D eigenvalue weighted by atomic mass is 16.5. The Bertz CT molecular complexity index is 87.3. The lowest BCUT2D eigenvalue weighted by Crippen LogP contribution is -2.47. The van der Waals surface area contributed by atoms with Gasteiger partial charge in [-0.25, -0.2) is 0 Å². The van der Waals surface area contributed by atoms with E-state index in [1.807, 2.05) is 0 Å². The zero-order valence-electron chi connectivity index (χ0n) is 5.24. The minimum Gasteiger partial charge on any atom is -0.364 e. The van der Waals surface area contributed by atoms with Gasteiger partial charge in [0.15, 0.2) is 0 Å². The molecule has 52 valence electrons. The van der Waals surface area contributed by atoms with Crippen molar-refractivity contribution in [1.82, 2.24) is 16.2 Å². The molecule has 1 spiro atoms. The molecule has 0 aromatic heterocycles. The average molecular weight is 129 g/mol. The molecule has 0 amide bonds. The Hall–Kier alpha value is -0.160. The SMILES string of the molecule is C1NC2(CNNC2)CO1. The summed E-state index contributed by atoms with van der Waals surface area (Å²) in [4.78, 5) is 0. The summed E-state index contributed by atoms with van der Waals surface area (Å²) in [6.45, 7) is 3.45. The van der Waals surface area contributed by atoms with Crippen molar-refractivity contribution in [3.8, 4) is 0 Å². The van der Waals surface area contributed by atoms with Gasteiger partial charge in [0.1, 0.15) is 0 Å². The van der Waals surface area contributed by atoms with E-state index in [0.29, 0.717) is 6.73 Å². The third kappa shape index (κ3) is 0.840. The molecule has 4 heteroatoms. The number of nitrogens with one attached hydrogen (secondary N) is 3. The van der Waals surface area contributed by atoms with Crippen LogP contribution in [0.2, 0.25) is 0 Å². The molecule has 2 fully saturated rings. The molecule has 0 radical (unpaired) electrons. The Morgan fingerprint density at radius 3 is 2.56 bits per heavy atom. The van der Waals surface area contributed by atoms with Crippen molar-refractivity contribution in [2.45, 2.75) is 5.54 Å². The van der Waals surface area contributed by atoms with Gasteiger partial charge in [0.25, 0.3) is 0 Å². The van der Waals surface area contributed by atoms with Crippen molar-refractivity contribution >= 4 is 0 Å². The van der Waals surface area contributed by atoms with Crippen LogP contribution in [-0.4, -0.2) is 32.0 Å². The summed E-state index contributed by atoms with van der Waals surface area (Å²) in [6, 6.07) is 0. The quantitative estimate of drug-likeness (QED) is 0.369. The summed E-state index contributed by atoms with van der Waals surface area (Å²) in [5.41, 5.74) is 6.32. The Morgan fingerprint density at radius 1 is 1.22 bits per heavy atom. The Labute approximate surface area is 53.9 Å². The molecule has 0 aromatic rings. The molecule has 0 aliphatic carbocycles. The van der Waals surface area contributed by atoms with Gasteiger partial charge in [-0.2, -0.15) is 0 Å². The molecular weight excluding hydrogens is 118 g/mol. The van der Waals surface area contributed by atoms with E-state index in [2.05, 4.69) is 16.2 Å². The summed E-state index contributed by atoms with van der Waals surface area (Å²) in [7, 11) is 0. The van der Waals surface area contributed by atoms with Gasteiger partial charge < -0.3 is 4.74 Å². The largest absolute Gasteiger partial charge is 0.364 e. The van der Waals surface area contributed by atoms with E-state index >= 15 is 0 Å². The van der Waals surface area contributed by atoms with Crippen LogP contribution in [0.3, 0.4) is 0 Å². The van der Waals surface area contributed by atoms with Gasteiger partial charge in [0.05, 0.1) is 18.9 Å². The Morgan fingerprint density at radius 2 is 2.00 bits per heavy atom. The molecule has 4 nitrogen and oxygen atoms in total. The minimum atomic E-state index is 0.194. The maximum atomic E-state index is 5.19. The van der Waals surface area contributed by atoms with Crippen molar-refractivity contribution in [3.05, 3.63) is 0 Å². The van der Waals surface area contributed by atoms with E-state index < -0.39 is 0 Å². The Kier molecular flexibility index (Phi) is 1.19. The van der Waals surface area contributed by atoms with Crippen LogP contribution in [0.4, 0.5) is 0 Å². The number of hydrogen-bond acceptors (Lipinski definition) is 4. The monoisotopic (exact) mass is 129 g/mol. The van der Waals surface area contributed by atoms with E-state index in [-0.39, 0.29) is 5.54 Å². The summed E-state index contributed by atoms with van der Waals surface area (Å²) >= 11 is 0. The molecule has 0 aromatic carbocycles. The number of ether oxygens (including phenoxy) is 1. The highest BCUT2D eigenvalue weighted by Crippen LogP contribution is 2.11. The molecule has 2 aliphatic heterocycles. The molecule has 0 unspecified atom stereocenters. The number of hydrazine groups is 1. The second kappa shape index (κ2) is 1.91. The van der Waals surface area contributed by atoms with Gasteiger partial charge in [0.2, 0.25) is 0 Å². The predicted octanol–water partition coefficient (Wildman–Crippen LogP) is -1.59. The maximum Gasteiger partial charge on any atom is 0.0972 e. The fraction of sp³-hybridized carbons (Fsp3) is 1.00. The van der Waals surface area contributed by atoms with Gasteiger partial charge >= 0.3 is 0 Å². The zero-order chi connectivity index (χ0) is 6.16. The second-order valence-electron chi connectivity index (χ2n) is 2.66. The van der Waals surface area contributed by atoms with Crippen molar-refractivity contribution < 1.29 is 4.74 Å². The third-order valence-corrected chi connectivity index (χ3v) is 1.91. The zero-order valence-corrected chi connectivity index (χ0v) is 5.24. The number of rotatable bonds is 0. The summed E-state index contributed by atoms with van der Waals surface area (Å²) in [5, 5.41) is 3.28. The molecule has 3 N–H and O–H groups in total. The first kappa shape index (κ1) is 5.61. The fourth-order valence-corrected chi connectivity index (χ4v) is 1.25. The summed E-state index contributed by atoms with van der Waals surface area (Å²) in [5.74, 6) is 0. The Balaban J connectivity index is 2.04. The minimum absolute atomic E-state index is 0.194. The van der Waals surface area contributed by atoms with Crippen molar-refractivity contribution in [3.63, 3.8) is 0 Å². The topological polar surface area (TPSA) is 45.3 Å². The van der Waals surface area contributed by atoms with Gasteiger partial charge in [-0.05, 0) is 0 Å². The first-order valence-corrected chi connectivity index (χ1v) is 3.20. The van der Waals surface area contributed by atoms with Crippen LogP contribution in [0.1, 0.15) is 0 Å². The molecule has 2 heterocycles. The highest BCUT2D eigenvalue weighted by molar-refractivity contribution is 4.97.